The van der Waals surface area contributed by atoms with Crippen molar-refractivity contribution in [3.63, 3.8) is 0 Å². The van der Waals surface area contributed by atoms with Crippen LogP contribution < -0.4 is 5.73 Å². The van der Waals surface area contributed by atoms with Crippen molar-refractivity contribution in [1.82, 2.24) is 4.98 Å². The molecule has 0 fully saturated rings. The normalized spacial score (nSPS) is 11.3. The molecule has 0 atom stereocenters. The summed E-state index contributed by atoms with van der Waals surface area (Å²) in [6.07, 6.45) is 0. The first-order valence-electron chi connectivity index (χ1n) is 6.13. The summed E-state index contributed by atoms with van der Waals surface area (Å²) in [4.78, 5) is 4.82. The first kappa shape index (κ1) is 11.0. The largest absolute Gasteiger partial charge is 0.398 e. The number of benzene rings is 2. The van der Waals surface area contributed by atoms with Crippen molar-refractivity contribution >= 4 is 27.5 Å². The second-order valence-corrected chi connectivity index (χ2v) is 4.94. The van der Waals surface area contributed by atoms with E-state index in [1.54, 1.807) is 0 Å². The predicted molar refractivity (Wildman–Crippen MR) is 77.9 cm³/mol. The molecule has 3 rings (SSSR count). The second-order valence-electron chi connectivity index (χ2n) is 4.94. The number of nitrogens with two attached hydrogens (primary N) is 1. The number of nitrogen functional groups attached to an aromatic ring is 1. The number of nitrogens with zero attached hydrogens (tertiary/aromatic N) is 1. The molecule has 0 saturated heterocycles. The summed E-state index contributed by atoms with van der Waals surface area (Å²) in [5.74, 6) is 0. The molecule has 0 unspecified atom stereocenters. The van der Waals surface area contributed by atoms with Crippen LogP contribution >= 0.6 is 0 Å². The first-order valence-corrected chi connectivity index (χ1v) is 6.13. The Balaban J connectivity index is 2.57. The Bertz CT molecular complexity index is 773. The summed E-state index contributed by atoms with van der Waals surface area (Å²) in [6.45, 7) is 6.28. The minimum Gasteiger partial charge on any atom is -0.398 e. The van der Waals surface area contributed by atoms with Gasteiger partial charge in [-0.3, -0.25) is 0 Å². The molecule has 0 bridgehead atoms. The second kappa shape index (κ2) is 3.70. The van der Waals surface area contributed by atoms with Crippen molar-refractivity contribution in [2.45, 2.75) is 20.8 Å². The van der Waals surface area contributed by atoms with Crippen LogP contribution in [0.1, 0.15) is 16.7 Å². The van der Waals surface area contributed by atoms with Crippen LogP contribution in [0.3, 0.4) is 0 Å². The highest BCUT2D eigenvalue weighted by atomic mass is 14.7. The molecule has 0 aliphatic carbocycles. The number of fused-ring (bicyclic) bond motifs is 2. The zero-order chi connectivity index (χ0) is 12.9. The Labute approximate surface area is 106 Å². The number of anilines is 1. The third-order valence-electron chi connectivity index (χ3n) is 3.68. The van der Waals surface area contributed by atoms with Crippen LogP contribution in [0.4, 0.5) is 5.69 Å². The Morgan fingerprint density at radius 3 is 2.50 bits per heavy atom. The summed E-state index contributed by atoms with van der Waals surface area (Å²) in [5, 5.41) is 2.20. The molecular formula is C16H16N2. The lowest BCUT2D eigenvalue weighted by atomic mass is 10.0. The third-order valence-corrected chi connectivity index (χ3v) is 3.68. The summed E-state index contributed by atoms with van der Waals surface area (Å²) in [6, 6.07) is 10.4. The van der Waals surface area contributed by atoms with Crippen molar-refractivity contribution in [3.05, 3.63) is 47.0 Å². The molecule has 0 aliphatic rings. The summed E-state index contributed by atoms with van der Waals surface area (Å²) in [7, 11) is 0. The molecule has 0 spiro atoms. The number of hydrogen-bond acceptors (Lipinski definition) is 2. The van der Waals surface area contributed by atoms with Crippen molar-refractivity contribution in [1.29, 1.82) is 0 Å². The first-order chi connectivity index (χ1) is 8.58. The van der Waals surface area contributed by atoms with Gasteiger partial charge in [-0.25, -0.2) is 4.98 Å². The molecule has 90 valence electrons. The zero-order valence-electron chi connectivity index (χ0n) is 10.9. The Hall–Kier alpha value is -2.09. The lowest BCUT2D eigenvalue weighted by molar-refractivity contribution is 1.33. The maximum absolute atomic E-state index is 6.12. The highest BCUT2D eigenvalue weighted by Crippen LogP contribution is 2.29. The molecule has 0 aliphatic heterocycles. The molecule has 0 amide bonds. The van der Waals surface area contributed by atoms with E-state index in [9.17, 15) is 0 Å². The standard InChI is InChI=1S/C16H16N2/c1-9-5-4-6-12-8-13-14(17)7-10(2)11(3)16(13)18-15(9)12/h4-8H,17H2,1-3H3. The molecule has 2 aromatic carbocycles. The number of pyridine rings is 1. The molecule has 2 heteroatoms. The van der Waals surface area contributed by atoms with Gasteiger partial charge >= 0.3 is 0 Å². The van der Waals surface area contributed by atoms with Gasteiger partial charge in [-0.2, -0.15) is 0 Å². The molecule has 2 nitrogen and oxygen atoms in total. The van der Waals surface area contributed by atoms with Gasteiger partial charge in [-0.15, -0.1) is 0 Å². The van der Waals surface area contributed by atoms with E-state index < -0.39 is 0 Å². The minimum absolute atomic E-state index is 0.809. The van der Waals surface area contributed by atoms with Crippen LogP contribution in [-0.4, -0.2) is 4.98 Å². The fourth-order valence-corrected chi connectivity index (χ4v) is 2.46. The van der Waals surface area contributed by atoms with Gasteiger partial charge in [-0.05, 0) is 49.6 Å². The number of aromatic nitrogens is 1. The van der Waals surface area contributed by atoms with Crippen LogP contribution in [0.25, 0.3) is 21.8 Å². The van der Waals surface area contributed by atoms with Crippen LogP contribution in [0, 0.1) is 20.8 Å². The SMILES string of the molecule is Cc1cc(N)c2cc3cccc(C)c3nc2c1C. The van der Waals surface area contributed by atoms with Crippen molar-refractivity contribution < 1.29 is 0 Å². The Kier molecular flexibility index (Phi) is 2.27. The lowest BCUT2D eigenvalue weighted by Gasteiger charge is -2.10. The quantitative estimate of drug-likeness (QED) is 0.475. The van der Waals surface area contributed by atoms with Gasteiger partial charge < -0.3 is 5.73 Å². The highest BCUT2D eigenvalue weighted by Gasteiger charge is 2.08. The van der Waals surface area contributed by atoms with Crippen LogP contribution in [0.5, 0.6) is 0 Å². The number of rotatable bonds is 0. The molecule has 3 aromatic rings. The fourth-order valence-electron chi connectivity index (χ4n) is 2.46. The Morgan fingerprint density at radius 2 is 1.72 bits per heavy atom. The highest BCUT2D eigenvalue weighted by molar-refractivity contribution is 6.01. The van der Waals surface area contributed by atoms with Gasteiger partial charge in [0, 0.05) is 16.5 Å². The van der Waals surface area contributed by atoms with Gasteiger partial charge in [-0.1, -0.05) is 18.2 Å². The van der Waals surface area contributed by atoms with Crippen LogP contribution in [0.2, 0.25) is 0 Å². The minimum atomic E-state index is 0.809. The molecular weight excluding hydrogens is 220 g/mol. The molecule has 1 aromatic heterocycles. The van der Waals surface area contributed by atoms with Crippen molar-refractivity contribution in [2.24, 2.45) is 0 Å². The van der Waals surface area contributed by atoms with E-state index in [1.807, 2.05) is 6.07 Å². The maximum atomic E-state index is 6.12. The van der Waals surface area contributed by atoms with E-state index in [2.05, 4.69) is 45.0 Å². The van der Waals surface area contributed by atoms with Crippen molar-refractivity contribution in [3.8, 4) is 0 Å². The maximum Gasteiger partial charge on any atom is 0.0762 e. The van der Waals surface area contributed by atoms with E-state index in [0.29, 0.717) is 0 Å². The molecule has 0 saturated carbocycles. The lowest BCUT2D eigenvalue weighted by Crippen LogP contribution is -1.95. The Morgan fingerprint density at radius 1 is 0.944 bits per heavy atom. The average Bonchev–Trinajstić information content (AvgIpc) is 2.35. The summed E-state index contributed by atoms with van der Waals surface area (Å²) in [5.41, 5.74) is 12.6. The van der Waals surface area contributed by atoms with E-state index in [0.717, 1.165) is 27.5 Å². The monoisotopic (exact) mass is 236 g/mol. The van der Waals surface area contributed by atoms with E-state index >= 15 is 0 Å². The zero-order valence-corrected chi connectivity index (χ0v) is 10.9. The van der Waals surface area contributed by atoms with Gasteiger partial charge in [0.25, 0.3) is 0 Å². The average molecular weight is 236 g/mol. The predicted octanol–water partition coefficient (Wildman–Crippen LogP) is 3.90. The number of aryl methyl sites for hydroxylation is 3. The van der Waals surface area contributed by atoms with E-state index in [-0.39, 0.29) is 0 Å². The number of hydrogen-bond donors (Lipinski definition) is 1. The van der Waals surface area contributed by atoms with Gasteiger partial charge in [0.2, 0.25) is 0 Å². The van der Waals surface area contributed by atoms with Gasteiger partial charge in [0.15, 0.2) is 0 Å². The van der Waals surface area contributed by atoms with Crippen molar-refractivity contribution in [2.75, 3.05) is 5.73 Å². The molecule has 18 heavy (non-hydrogen) atoms. The van der Waals surface area contributed by atoms with Gasteiger partial charge in [0.1, 0.15) is 0 Å². The van der Waals surface area contributed by atoms with Crippen LogP contribution in [0.15, 0.2) is 30.3 Å². The topological polar surface area (TPSA) is 38.9 Å². The summed E-state index contributed by atoms with van der Waals surface area (Å²) < 4.78 is 0. The summed E-state index contributed by atoms with van der Waals surface area (Å²) >= 11 is 0. The smallest absolute Gasteiger partial charge is 0.0762 e. The fraction of sp³-hybridized carbons (Fsp3) is 0.188. The van der Waals surface area contributed by atoms with E-state index in [4.69, 9.17) is 10.7 Å². The molecule has 1 heterocycles. The van der Waals surface area contributed by atoms with E-state index in [1.165, 1.54) is 16.7 Å². The molecule has 2 N–H and O–H groups in total. The van der Waals surface area contributed by atoms with Gasteiger partial charge in [0.05, 0.1) is 11.0 Å². The van der Waals surface area contributed by atoms with Crippen LogP contribution in [-0.2, 0) is 0 Å². The third kappa shape index (κ3) is 1.46. The number of para-hydroxylation sites is 1. The molecule has 0 radical (unpaired) electrons.